The monoisotopic (exact) mass is 302 g/mol. The molecule has 1 aromatic rings. The smallest absolute Gasteiger partial charge is 0.176 e. The zero-order valence-electron chi connectivity index (χ0n) is 9.00. The van der Waals surface area contributed by atoms with Crippen LogP contribution in [0.4, 0.5) is 0 Å². The van der Waals surface area contributed by atoms with E-state index in [1.54, 1.807) is 26.0 Å². The first kappa shape index (κ1) is 11.8. The molecule has 0 bridgehead atoms. The molecule has 0 unspecified atom stereocenters. The lowest BCUT2D eigenvalue weighted by molar-refractivity contribution is 0.101. The van der Waals surface area contributed by atoms with Gasteiger partial charge in [-0.05, 0) is 22.0 Å². The van der Waals surface area contributed by atoms with Crippen LogP contribution < -0.4 is 9.47 Å². The van der Waals surface area contributed by atoms with Crippen molar-refractivity contribution in [3.63, 3.8) is 0 Å². The van der Waals surface area contributed by atoms with Crippen molar-refractivity contribution in [1.29, 1.82) is 0 Å². The summed E-state index contributed by atoms with van der Waals surface area (Å²) in [4.78, 5) is 11.9. The fraction of sp³-hybridized carbons (Fsp3) is 0.364. The van der Waals surface area contributed by atoms with Crippen LogP contribution >= 0.6 is 27.7 Å². The van der Waals surface area contributed by atoms with Gasteiger partial charge in [0.15, 0.2) is 5.78 Å². The lowest BCUT2D eigenvalue weighted by atomic mass is 10.0. The second kappa shape index (κ2) is 4.67. The molecule has 0 aromatic heterocycles. The largest absolute Gasteiger partial charge is 0.496 e. The van der Waals surface area contributed by atoms with Crippen molar-refractivity contribution in [1.82, 2.24) is 0 Å². The van der Waals surface area contributed by atoms with Crippen LogP contribution in [0.25, 0.3) is 0 Å². The van der Waals surface area contributed by atoms with E-state index in [9.17, 15) is 4.79 Å². The number of fused-ring (bicyclic) bond motifs is 1. The molecule has 0 atom stereocenters. The SMILES string of the molecule is COc1cc(Br)c(OC)c2c1CSCC2=O. The van der Waals surface area contributed by atoms with Gasteiger partial charge in [0.1, 0.15) is 11.5 Å². The number of hydrogen-bond donors (Lipinski definition) is 0. The summed E-state index contributed by atoms with van der Waals surface area (Å²) >= 11 is 4.99. The van der Waals surface area contributed by atoms with Crippen LogP contribution in [-0.2, 0) is 5.75 Å². The molecule has 2 rings (SSSR count). The number of carbonyl (C=O) groups is 1. The molecule has 0 saturated carbocycles. The first-order valence-electron chi connectivity index (χ1n) is 4.73. The number of rotatable bonds is 2. The predicted molar refractivity (Wildman–Crippen MR) is 67.7 cm³/mol. The van der Waals surface area contributed by atoms with E-state index >= 15 is 0 Å². The molecule has 0 saturated heterocycles. The summed E-state index contributed by atoms with van der Waals surface area (Å²) in [6, 6.07) is 1.84. The lowest BCUT2D eigenvalue weighted by Gasteiger charge is -2.21. The Hall–Kier alpha value is -0.680. The average molecular weight is 303 g/mol. The number of methoxy groups -OCH3 is 2. The van der Waals surface area contributed by atoms with Gasteiger partial charge >= 0.3 is 0 Å². The molecule has 0 N–H and O–H groups in total. The maximum absolute atomic E-state index is 11.9. The van der Waals surface area contributed by atoms with Crippen LogP contribution in [0.2, 0.25) is 0 Å². The van der Waals surface area contributed by atoms with Gasteiger partial charge in [-0.1, -0.05) is 0 Å². The van der Waals surface area contributed by atoms with Crippen LogP contribution in [0, 0.1) is 0 Å². The Bertz CT molecular complexity index is 445. The van der Waals surface area contributed by atoms with Crippen LogP contribution in [0.15, 0.2) is 10.5 Å². The summed E-state index contributed by atoms with van der Waals surface area (Å²) in [6.45, 7) is 0. The van der Waals surface area contributed by atoms with Crippen LogP contribution in [0.3, 0.4) is 0 Å². The van der Waals surface area contributed by atoms with Gasteiger partial charge in [0.05, 0.1) is 30.0 Å². The fourth-order valence-electron chi connectivity index (χ4n) is 1.79. The zero-order valence-corrected chi connectivity index (χ0v) is 11.4. The van der Waals surface area contributed by atoms with Gasteiger partial charge in [-0.3, -0.25) is 4.79 Å². The number of halogens is 1. The number of hydrogen-bond acceptors (Lipinski definition) is 4. The van der Waals surface area contributed by atoms with Gasteiger partial charge in [0.2, 0.25) is 0 Å². The quantitative estimate of drug-likeness (QED) is 0.841. The summed E-state index contributed by atoms with van der Waals surface area (Å²) < 4.78 is 11.3. The van der Waals surface area contributed by atoms with E-state index in [-0.39, 0.29) is 5.78 Å². The van der Waals surface area contributed by atoms with Crippen LogP contribution in [0.5, 0.6) is 11.5 Å². The van der Waals surface area contributed by atoms with Crippen molar-refractivity contribution in [3.05, 3.63) is 21.7 Å². The van der Waals surface area contributed by atoms with Crippen molar-refractivity contribution >= 4 is 33.5 Å². The maximum Gasteiger partial charge on any atom is 0.176 e. The van der Waals surface area contributed by atoms with E-state index < -0.39 is 0 Å². The third kappa shape index (κ3) is 1.82. The molecule has 1 aromatic carbocycles. The molecule has 0 fully saturated rings. The molecule has 1 aliphatic rings. The molecular weight excluding hydrogens is 292 g/mol. The van der Waals surface area contributed by atoms with Gasteiger partial charge in [0, 0.05) is 11.3 Å². The molecule has 5 heteroatoms. The van der Waals surface area contributed by atoms with E-state index in [0.717, 1.165) is 21.5 Å². The molecule has 3 nitrogen and oxygen atoms in total. The molecule has 16 heavy (non-hydrogen) atoms. The zero-order chi connectivity index (χ0) is 11.7. The Morgan fingerprint density at radius 2 is 2.06 bits per heavy atom. The Labute approximate surface area is 107 Å². The average Bonchev–Trinajstić information content (AvgIpc) is 2.29. The molecule has 1 aliphatic heterocycles. The number of ketones is 1. The van der Waals surface area contributed by atoms with Gasteiger partial charge in [0.25, 0.3) is 0 Å². The highest BCUT2D eigenvalue weighted by Crippen LogP contribution is 2.42. The van der Waals surface area contributed by atoms with Crippen molar-refractivity contribution in [2.45, 2.75) is 5.75 Å². The third-order valence-electron chi connectivity index (χ3n) is 2.48. The van der Waals surface area contributed by atoms with E-state index in [1.165, 1.54) is 0 Å². The number of ether oxygens (including phenoxy) is 2. The molecule has 1 heterocycles. The van der Waals surface area contributed by atoms with E-state index in [0.29, 0.717) is 17.1 Å². The summed E-state index contributed by atoms with van der Waals surface area (Å²) in [7, 11) is 3.18. The van der Waals surface area contributed by atoms with Gasteiger partial charge in [-0.25, -0.2) is 0 Å². The Morgan fingerprint density at radius 3 is 2.69 bits per heavy atom. The first-order chi connectivity index (χ1) is 7.69. The first-order valence-corrected chi connectivity index (χ1v) is 6.68. The number of carbonyl (C=O) groups excluding carboxylic acids is 1. The van der Waals surface area contributed by atoms with Gasteiger partial charge in [-0.15, -0.1) is 11.8 Å². The summed E-state index contributed by atoms with van der Waals surface area (Å²) in [5.74, 6) is 2.74. The van der Waals surface area contributed by atoms with Crippen molar-refractivity contribution < 1.29 is 14.3 Å². The van der Waals surface area contributed by atoms with Gasteiger partial charge in [-0.2, -0.15) is 0 Å². The minimum atomic E-state index is 0.0997. The molecule has 86 valence electrons. The Morgan fingerprint density at radius 1 is 1.31 bits per heavy atom. The number of benzene rings is 1. The Kier molecular flexibility index (Phi) is 3.44. The molecular formula is C11H11BrO3S. The molecule has 0 radical (unpaired) electrons. The normalized spacial score (nSPS) is 14.6. The van der Waals surface area contributed by atoms with E-state index in [2.05, 4.69) is 15.9 Å². The second-order valence-electron chi connectivity index (χ2n) is 3.36. The molecule has 0 aliphatic carbocycles. The minimum Gasteiger partial charge on any atom is -0.496 e. The third-order valence-corrected chi connectivity index (χ3v) is 4.03. The van der Waals surface area contributed by atoms with Crippen molar-refractivity contribution in [2.24, 2.45) is 0 Å². The molecule has 0 amide bonds. The van der Waals surface area contributed by atoms with Crippen molar-refractivity contribution in [2.75, 3.05) is 20.0 Å². The maximum atomic E-state index is 11.9. The highest BCUT2D eigenvalue weighted by atomic mass is 79.9. The minimum absolute atomic E-state index is 0.0997. The molecule has 0 spiro atoms. The standard InChI is InChI=1S/C11H11BrO3S/c1-14-9-3-7(12)11(15-2)10-6(9)4-16-5-8(10)13/h3H,4-5H2,1-2H3. The van der Waals surface area contributed by atoms with Crippen LogP contribution in [0.1, 0.15) is 15.9 Å². The number of thioether (sulfide) groups is 1. The summed E-state index contributed by atoms with van der Waals surface area (Å²) in [5, 5.41) is 0. The summed E-state index contributed by atoms with van der Waals surface area (Å²) in [5.41, 5.74) is 1.59. The number of Topliss-reactive ketones (excluding diaryl/α,β-unsaturated/α-hetero) is 1. The van der Waals surface area contributed by atoms with Crippen LogP contribution in [-0.4, -0.2) is 25.8 Å². The highest BCUT2D eigenvalue weighted by Gasteiger charge is 2.27. The van der Waals surface area contributed by atoms with E-state index in [1.807, 2.05) is 6.07 Å². The Balaban J connectivity index is 2.70. The lowest BCUT2D eigenvalue weighted by Crippen LogP contribution is -2.15. The van der Waals surface area contributed by atoms with Gasteiger partial charge < -0.3 is 9.47 Å². The highest BCUT2D eigenvalue weighted by molar-refractivity contribution is 9.10. The van der Waals surface area contributed by atoms with E-state index in [4.69, 9.17) is 9.47 Å². The summed E-state index contributed by atoms with van der Waals surface area (Å²) in [6.07, 6.45) is 0. The predicted octanol–water partition coefficient (Wildman–Crippen LogP) is 2.90. The fourth-order valence-corrected chi connectivity index (χ4v) is 3.28. The topological polar surface area (TPSA) is 35.5 Å². The van der Waals surface area contributed by atoms with Crippen molar-refractivity contribution in [3.8, 4) is 11.5 Å². The second-order valence-corrected chi connectivity index (χ2v) is 5.20.